The van der Waals surface area contributed by atoms with E-state index in [1.54, 1.807) is 6.07 Å². The average Bonchev–Trinajstić information content (AvgIpc) is 2.37. The number of rotatable bonds is 5. The lowest BCUT2D eigenvalue weighted by Gasteiger charge is -2.22. The van der Waals surface area contributed by atoms with Gasteiger partial charge in [0, 0.05) is 25.5 Å². The van der Waals surface area contributed by atoms with Gasteiger partial charge in [0.25, 0.3) is 0 Å². The molecule has 1 aliphatic rings. The summed E-state index contributed by atoms with van der Waals surface area (Å²) in [6.45, 7) is 4.35. The maximum absolute atomic E-state index is 5.94. The van der Waals surface area contributed by atoms with Crippen molar-refractivity contribution in [2.45, 2.75) is 32.5 Å². The number of nitrogens with zero attached hydrogens (tertiary/aromatic N) is 2. The molecular formula is C12H17ClN2O3. The zero-order chi connectivity index (χ0) is 12.8. The number of halogens is 1. The number of hydrogen-bond donors (Lipinski definition) is 0. The summed E-state index contributed by atoms with van der Waals surface area (Å²) in [6.07, 6.45) is 1.90. The second-order valence-corrected chi connectivity index (χ2v) is 4.40. The molecule has 0 unspecified atom stereocenters. The summed E-state index contributed by atoms with van der Waals surface area (Å²) in [5.41, 5.74) is 0. The third-order valence-corrected chi connectivity index (χ3v) is 2.80. The fourth-order valence-electron chi connectivity index (χ4n) is 1.72. The second kappa shape index (κ2) is 6.87. The smallest absolute Gasteiger partial charge is 0.218 e. The predicted molar refractivity (Wildman–Crippen MR) is 66.8 cm³/mol. The van der Waals surface area contributed by atoms with Crippen LogP contribution in [0.15, 0.2) is 6.07 Å². The van der Waals surface area contributed by atoms with Crippen molar-refractivity contribution in [3.8, 4) is 5.88 Å². The number of aromatic nitrogens is 2. The van der Waals surface area contributed by atoms with Gasteiger partial charge in [-0.15, -0.1) is 0 Å². The molecule has 0 amide bonds. The van der Waals surface area contributed by atoms with Gasteiger partial charge in [0.2, 0.25) is 5.88 Å². The Hall–Kier alpha value is -0.910. The highest BCUT2D eigenvalue weighted by atomic mass is 35.5. The largest absolute Gasteiger partial charge is 0.474 e. The molecule has 0 saturated carbocycles. The molecule has 1 fully saturated rings. The summed E-state index contributed by atoms with van der Waals surface area (Å²) >= 11 is 5.94. The van der Waals surface area contributed by atoms with E-state index in [0.717, 1.165) is 26.1 Å². The molecule has 1 aliphatic heterocycles. The molecule has 0 N–H and O–H groups in total. The minimum absolute atomic E-state index is 0.143. The Morgan fingerprint density at radius 1 is 1.39 bits per heavy atom. The van der Waals surface area contributed by atoms with Crippen LogP contribution >= 0.6 is 11.6 Å². The van der Waals surface area contributed by atoms with Crippen molar-refractivity contribution in [3.63, 3.8) is 0 Å². The summed E-state index contributed by atoms with van der Waals surface area (Å²) in [5, 5.41) is 0.377. The predicted octanol–water partition coefficient (Wildman–Crippen LogP) is 2.22. The Kier molecular flexibility index (Phi) is 5.16. The first-order valence-electron chi connectivity index (χ1n) is 6.13. The molecular weight excluding hydrogens is 256 g/mol. The second-order valence-electron chi connectivity index (χ2n) is 4.01. The molecule has 0 aliphatic carbocycles. The summed E-state index contributed by atoms with van der Waals surface area (Å²) in [4.78, 5) is 8.37. The Morgan fingerprint density at radius 3 is 2.89 bits per heavy atom. The number of hydrogen-bond acceptors (Lipinski definition) is 5. The molecule has 0 aromatic carbocycles. The Morgan fingerprint density at radius 2 is 2.17 bits per heavy atom. The van der Waals surface area contributed by atoms with Gasteiger partial charge in [-0.05, 0) is 6.92 Å². The zero-order valence-corrected chi connectivity index (χ0v) is 11.2. The normalized spacial score (nSPS) is 16.8. The van der Waals surface area contributed by atoms with Crippen molar-refractivity contribution in [3.05, 3.63) is 17.0 Å². The van der Waals surface area contributed by atoms with E-state index in [9.17, 15) is 0 Å². The van der Waals surface area contributed by atoms with E-state index in [2.05, 4.69) is 9.97 Å². The third-order valence-electron chi connectivity index (χ3n) is 2.61. The van der Waals surface area contributed by atoms with Crippen molar-refractivity contribution in [1.29, 1.82) is 0 Å². The van der Waals surface area contributed by atoms with Crippen LogP contribution in [0.5, 0.6) is 5.88 Å². The van der Waals surface area contributed by atoms with Gasteiger partial charge in [-0.3, -0.25) is 0 Å². The quantitative estimate of drug-likeness (QED) is 0.770. The van der Waals surface area contributed by atoms with Crippen LogP contribution < -0.4 is 4.74 Å². The van der Waals surface area contributed by atoms with Crippen molar-refractivity contribution in [2.24, 2.45) is 0 Å². The van der Waals surface area contributed by atoms with Gasteiger partial charge in [0.05, 0.1) is 13.2 Å². The maximum atomic E-state index is 5.94. The molecule has 1 saturated heterocycles. The van der Waals surface area contributed by atoms with E-state index >= 15 is 0 Å². The lowest BCUT2D eigenvalue weighted by atomic mass is 10.2. The van der Waals surface area contributed by atoms with E-state index in [1.807, 2.05) is 6.92 Å². The molecule has 2 heterocycles. The molecule has 0 atom stereocenters. The Bertz CT molecular complexity index is 384. The van der Waals surface area contributed by atoms with Gasteiger partial charge in [0.15, 0.2) is 5.82 Å². The molecule has 1 aromatic rings. The lowest BCUT2D eigenvalue weighted by Crippen LogP contribution is -2.26. The van der Waals surface area contributed by atoms with Crippen LogP contribution in [0.25, 0.3) is 0 Å². The van der Waals surface area contributed by atoms with Gasteiger partial charge in [-0.1, -0.05) is 11.6 Å². The van der Waals surface area contributed by atoms with Crippen LogP contribution in [0.2, 0.25) is 5.15 Å². The summed E-state index contributed by atoms with van der Waals surface area (Å²) < 4.78 is 16.3. The highest BCUT2D eigenvalue weighted by Gasteiger charge is 2.16. The molecule has 100 valence electrons. The van der Waals surface area contributed by atoms with Crippen LogP contribution in [0, 0.1) is 0 Å². The molecule has 0 spiro atoms. The van der Waals surface area contributed by atoms with Crippen LogP contribution in [-0.2, 0) is 16.1 Å². The highest BCUT2D eigenvalue weighted by molar-refractivity contribution is 6.29. The van der Waals surface area contributed by atoms with E-state index in [-0.39, 0.29) is 6.10 Å². The molecule has 0 radical (unpaired) electrons. The minimum atomic E-state index is 0.143. The highest BCUT2D eigenvalue weighted by Crippen LogP contribution is 2.19. The standard InChI is InChI=1S/C12H17ClN2O3/c1-2-16-8-11-14-10(13)7-12(15-11)18-9-3-5-17-6-4-9/h7,9H,2-6,8H2,1H3. The summed E-state index contributed by atoms with van der Waals surface area (Å²) in [5.74, 6) is 1.06. The van der Waals surface area contributed by atoms with Crippen molar-refractivity contribution >= 4 is 11.6 Å². The van der Waals surface area contributed by atoms with Gasteiger partial charge in [0.1, 0.15) is 17.9 Å². The van der Waals surface area contributed by atoms with Crippen molar-refractivity contribution in [1.82, 2.24) is 9.97 Å². The molecule has 1 aromatic heterocycles. The van der Waals surface area contributed by atoms with E-state index < -0.39 is 0 Å². The SMILES string of the molecule is CCOCc1nc(Cl)cc(OC2CCOCC2)n1. The lowest BCUT2D eigenvalue weighted by molar-refractivity contribution is 0.0233. The summed E-state index contributed by atoms with van der Waals surface area (Å²) in [7, 11) is 0. The fraction of sp³-hybridized carbons (Fsp3) is 0.667. The first kappa shape index (κ1) is 13.5. The Balaban J connectivity index is 1.99. The van der Waals surface area contributed by atoms with Crippen LogP contribution in [0.4, 0.5) is 0 Å². The monoisotopic (exact) mass is 272 g/mol. The van der Waals surface area contributed by atoms with E-state index in [1.165, 1.54) is 0 Å². The molecule has 18 heavy (non-hydrogen) atoms. The van der Waals surface area contributed by atoms with Crippen LogP contribution in [0.1, 0.15) is 25.6 Å². The number of ether oxygens (including phenoxy) is 3. The van der Waals surface area contributed by atoms with Gasteiger partial charge >= 0.3 is 0 Å². The topological polar surface area (TPSA) is 53.5 Å². The third kappa shape index (κ3) is 4.08. The zero-order valence-electron chi connectivity index (χ0n) is 10.4. The van der Waals surface area contributed by atoms with E-state index in [4.69, 9.17) is 25.8 Å². The van der Waals surface area contributed by atoms with Gasteiger partial charge in [-0.25, -0.2) is 4.98 Å². The van der Waals surface area contributed by atoms with Crippen LogP contribution in [0.3, 0.4) is 0 Å². The van der Waals surface area contributed by atoms with Gasteiger partial charge < -0.3 is 14.2 Å². The average molecular weight is 273 g/mol. The molecule has 5 nitrogen and oxygen atoms in total. The van der Waals surface area contributed by atoms with Crippen molar-refractivity contribution in [2.75, 3.05) is 19.8 Å². The minimum Gasteiger partial charge on any atom is -0.474 e. The molecule has 6 heteroatoms. The molecule has 2 rings (SSSR count). The van der Waals surface area contributed by atoms with E-state index in [0.29, 0.717) is 30.1 Å². The first-order chi connectivity index (χ1) is 8.78. The van der Waals surface area contributed by atoms with Crippen molar-refractivity contribution < 1.29 is 14.2 Å². The first-order valence-corrected chi connectivity index (χ1v) is 6.51. The summed E-state index contributed by atoms with van der Waals surface area (Å²) in [6, 6.07) is 1.63. The molecule has 0 bridgehead atoms. The fourth-order valence-corrected chi connectivity index (χ4v) is 1.92. The van der Waals surface area contributed by atoms with Gasteiger partial charge in [-0.2, -0.15) is 4.98 Å². The van der Waals surface area contributed by atoms with Crippen LogP contribution in [-0.4, -0.2) is 35.9 Å². The maximum Gasteiger partial charge on any atom is 0.218 e. The Labute approximate surface area is 111 Å².